The molecule has 2 bridgehead atoms. The fourth-order valence-electron chi connectivity index (χ4n) is 5.72. The van der Waals surface area contributed by atoms with Crippen LogP contribution in [0.2, 0.25) is 0 Å². The van der Waals surface area contributed by atoms with Crippen LogP contribution >= 0.6 is 15.9 Å². The van der Waals surface area contributed by atoms with E-state index < -0.39 is 35.6 Å². The summed E-state index contributed by atoms with van der Waals surface area (Å²) in [5, 5.41) is 9.69. The van der Waals surface area contributed by atoms with Crippen molar-refractivity contribution in [3.05, 3.63) is 25.3 Å². The van der Waals surface area contributed by atoms with Crippen LogP contribution in [0.1, 0.15) is 39.5 Å². The maximum atomic E-state index is 14.0. The van der Waals surface area contributed by atoms with E-state index in [1.807, 2.05) is 6.92 Å². The van der Waals surface area contributed by atoms with Crippen LogP contribution in [0.25, 0.3) is 0 Å². The van der Waals surface area contributed by atoms with Crippen LogP contribution in [0.5, 0.6) is 0 Å². The van der Waals surface area contributed by atoms with Crippen LogP contribution in [0.15, 0.2) is 25.3 Å². The molecule has 33 heavy (non-hydrogen) atoms. The van der Waals surface area contributed by atoms with Crippen LogP contribution < -0.4 is 0 Å². The maximum Gasteiger partial charge on any atom is 0.312 e. The Morgan fingerprint density at radius 3 is 2.76 bits per heavy atom. The van der Waals surface area contributed by atoms with E-state index in [1.165, 1.54) is 4.90 Å². The monoisotopic (exact) mass is 526 g/mol. The van der Waals surface area contributed by atoms with Gasteiger partial charge in [-0.25, -0.2) is 0 Å². The van der Waals surface area contributed by atoms with Gasteiger partial charge in [0.05, 0.1) is 31.2 Å². The van der Waals surface area contributed by atoms with Crippen molar-refractivity contribution in [2.75, 3.05) is 26.3 Å². The van der Waals surface area contributed by atoms with Gasteiger partial charge in [-0.15, -0.1) is 13.2 Å². The Morgan fingerprint density at radius 1 is 1.42 bits per heavy atom. The predicted octanol–water partition coefficient (Wildman–Crippen LogP) is 2.05. The van der Waals surface area contributed by atoms with Crippen molar-refractivity contribution >= 4 is 33.7 Å². The van der Waals surface area contributed by atoms with Gasteiger partial charge >= 0.3 is 5.97 Å². The van der Waals surface area contributed by atoms with Crippen molar-refractivity contribution in [3.8, 4) is 0 Å². The minimum atomic E-state index is -1.14. The molecule has 184 valence electrons. The summed E-state index contributed by atoms with van der Waals surface area (Å²) in [6.07, 6.45) is 5.42. The number of carbonyl (C=O) groups excluding carboxylic acids is 3. The third-order valence-electron chi connectivity index (χ3n) is 7.05. The average molecular weight is 527 g/mol. The van der Waals surface area contributed by atoms with Gasteiger partial charge in [0.15, 0.2) is 0 Å². The summed E-state index contributed by atoms with van der Waals surface area (Å²) in [5.74, 6) is -2.69. The fourth-order valence-corrected chi connectivity index (χ4v) is 6.67. The fraction of sp³-hybridized carbons (Fsp3) is 0.708. The zero-order valence-corrected chi connectivity index (χ0v) is 21.0. The van der Waals surface area contributed by atoms with E-state index in [0.29, 0.717) is 19.4 Å². The van der Waals surface area contributed by atoms with E-state index in [1.54, 1.807) is 17.1 Å². The lowest BCUT2D eigenvalue weighted by atomic mass is 9.70. The number of β-amino-alcohol motifs (C(OH)–C–C–N with tert-alkyl or cyclic N) is 1. The first kappa shape index (κ1) is 25.9. The van der Waals surface area contributed by atoms with E-state index >= 15 is 0 Å². The minimum absolute atomic E-state index is 0.00319. The van der Waals surface area contributed by atoms with Crippen LogP contribution in [0, 0.1) is 11.8 Å². The second kappa shape index (κ2) is 10.7. The number of esters is 1. The number of rotatable bonds is 12. The van der Waals surface area contributed by atoms with Gasteiger partial charge in [-0.05, 0) is 26.2 Å². The number of amides is 2. The molecular weight excluding hydrogens is 492 g/mol. The van der Waals surface area contributed by atoms with Crippen molar-refractivity contribution in [1.82, 2.24) is 9.80 Å². The lowest BCUT2D eigenvalue weighted by Crippen LogP contribution is -2.58. The van der Waals surface area contributed by atoms with Crippen molar-refractivity contribution in [2.45, 2.75) is 68.1 Å². The summed E-state index contributed by atoms with van der Waals surface area (Å²) >= 11 is 3.63. The Balaban J connectivity index is 2.00. The molecule has 3 saturated heterocycles. The maximum absolute atomic E-state index is 14.0. The molecule has 9 heteroatoms. The molecule has 3 fully saturated rings. The van der Waals surface area contributed by atoms with Gasteiger partial charge in [0.2, 0.25) is 11.8 Å². The lowest BCUT2D eigenvalue weighted by molar-refractivity contribution is -0.155. The Morgan fingerprint density at radius 2 is 2.15 bits per heavy atom. The predicted molar refractivity (Wildman–Crippen MR) is 127 cm³/mol. The molecule has 3 rings (SSSR count). The van der Waals surface area contributed by atoms with E-state index in [4.69, 9.17) is 9.47 Å². The number of ether oxygens (including phenoxy) is 2. The van der Waals surface area contributed by atoms with Crippen LogP contribution in [0.4, 0.5) is 0 Å². The minimum Gasteiger partial charge on any atom is -0.465 e. The summed E-state index contributed by atoms with van der Waals surface area (Å²) in [5.41, 5.74) is -1.14. The lowest BCUT2D eigenvalue weighted by Gasteiger charge is -2.39. The zero-order valence-electron chi connectivity index (χ0n) is 19.5. The van der Waals surface area contributed by atoms with E-state index in [2.05, 4.69) is 36.0 Å². The van der Waals surface area contributed by atoms with E-state index in [0.717, 1.165) is 12.8 Å². The number of likely N-dealkylation sites (tertiary alicyclic amines) is 1. The van der Waals surface area contributed by atoms with Crippen LogP contribution in [-0.4, -0.2) is 87.6 Å². The Kier molecular flexibility index (Phi) is 8.40. The number of fused-ring (bicyclic) bond motifs is 1. The molecule has 0 saturated carbocycles. The Bertz CT molecular complexity index is 791. The summed E-state index contributed by atoms with van der Waals surface area (Å²) in [6, 6.07) is -0.975. The number of aliphatic hydroxyl groups is 1. The summed E-state index contributed by atoms with van der Waals surface area (Å²) in [6.45, 7) is 11.7. The summed E-state index contributed by atoms with van der Waals surface area (Å²) < 4.78 is 11.8. The van der Waals surface area contributed by atoms with Crippen molar-refractivity contribution < 1.29 is 29.0 Å². The van der Waals surface area contributed by atoms with Gasteiger partial charge in [0.25, 0.3) is 0 Å². The molecule has 0 aromatic carbocycles. The molecule has 0 radical (unpaired) electrons. The highest BCUT2D eigenvalue weighted by Gasteiger charge is 2.77. The molecule has 4 unspecified atom stereocenters. The number of alkyl halides is 1. The molecule has 0 aromatic heterocycles. The first-order chi connectivity index (χ1) is 15.8. The second-order valence-corrected chi connectivity index (χ2v) is 10.3. The van der Waals surface area contributed by atoms with Gasteiger partial charge in [-0.3, -0.25) is 14.4 Å². The van der Waals surface area contributed by atoms with Crippen molar-refractivity contribution in [3.63, 3.8) is 0 Å². The van der Waals surface area contributed by atoms with Crippen LogP contribution in [0.3, 0.4) is 0 Å². The molecule has 0 aromatic rings. The first-order valence-electron chi connectivity index (χ1n) is 11.7. The molecule has 3 aliphatic rings. The Labute approximate surface area is 204 Å². The van der Waals surface area contributed by atoms with Gasteiger partial charge in [-0.1, -0.05) is 41.4 Å². The molecule has 1 spiro atoms. The largest absolute Gasteiger partial charge is 0.465 e. The van der Waals surface area contributed by atoms with Gasteiger partial charge in [0, 0.05) is 24.0 Å². The number of carbonyl (C=O) groups is 3. The highest BCUT2D eigenvalue weighted by molar-refractivity contribution is 9.09. The average Bonchev–Trinajstić information content (AvgIpc) is 3.36. The number of hydrogen-bond donors (Lipinski definition) is 1. The molecule has 1 N–H and O–H groups in total. The highest BCUT2D eigenvalue weighted by Crippen LogP contribution is 2.60. The number of aliphatic hydroxyl groups excluding tert-OH is 1. The third kappa shape index (κ3) is 4.39. The Hall–Kier alpha value is -1.71. The standard InChI is InChI=1S/C24H35BrN2O6/c1-5-8-13-32-23(31)17-18-21(29)27(11-12-28)20(24(18)14-16(25)19(17)33-24)22(30)26(10-7-3)15(4)9-6-2/h5,7,15-20,28H,1,3,6,8-14H2,2,4H3/t15?,16?,17-,18-,19-,20?,24?/m0/s1. The third-order valence-corrected chi connectivity index (χ3v) is 7.89. The smallest absolute Gasteiger partial charge is 0.312 e. The normalized spacial score (nSPS) is 33.0. The topological polar surface area (TPSA) is 96.4 Å². The number of nitrogens with zero attached hydrogens (tertiary/aromatic N) is 2. The highest BCUT2D eigenvalue weighted by atomic mass is 79.9. The molecule has 7 atom stereocenters. The van der Waals surface area contributed by atoms with Crippen LogP contribution in [-0.2, 0) is 23.9 Å². The molecular formula is C24H35BrN2O6. The summed E-state index contributed by atoms with van der Waals surface area (Å²) in [4.78, 5) is 43.6. The van der Waals surface area contributed by atoms with Crippen molar-refractivity contribution in [1.29, 1.82) is 0 Å². The first-order valence-corrected chi connectivity index (χ1v) is 12.6. The molecule has 8 nitrogen and oxygen atoms in total. The van der Waals surface area contributed by atoms with Gasteiger partial charge in [-0.2, -0.15) is 0 Å². The summed E-state index contributed by atoms with van der Waals surface area (Å²) in [7, 11) is 0. The quantitative estimate of drug-likeness (QED) is 0.181. The van der Waals surface area contributed by atoms with Gasteiger partial charge < -0.3 is 24.4 Å². The molecule has 2 amide bonds. The SMILES string of the molecule is C=CCCOC(=O)[C@H]1[C@H]2C(=O)N(CCO)C(C(=O)N(CC=C)C(C)CCC)C23CC(Br)[C@@H]1O3. The van der Waals surface area contributed by atoms with E-state index in [9.17, 15) is 19.5 Å². The molecule has 3 heterocycles. The van der Waals surface area contributed by atoms with Crippen molar-refractivity contribution in [2.24, 2.45) is 11.8 Å². The molecule has 0 aliphatic carbocycles. The number of hydrogen-bond acceptors (Lipinski definition) is 6. The second-order valence-electron chi connectivity index (χ2n) is 9.08. The molecule has 3 aliphatic heterocycles. The van der Waals surface area contributed by atoms with Gasteiger partial charge in [0.1, 0.15) is 11.6 Å². The van der Waals surface area contributed by atoms with E-state index in [-0.39, 0.29) is 42.4 Å². The zero-order chi connectivity index (χ0) is 24.3. The number of halogens is 1.